The minimum absolute atomic E-state index is 0. The van der Waals surface area contributed by atoms with Crippen LogP contribution in [0.4, 0.5) is 8.78 Å². The van der Waals surface area contributed by atoms with Crippen LogP contribution < -0.4 is 0 Å². The molecule has 8 heteroatoms. The van der Waals surface area contributed by atoms with Gasteiger partial charge < -0.3 is 9.52 Å². The number of phenols is 1. The zero-order valence-corrected chi connectivity index (χ0v) is 28.4. The van der Waals surface area contributed by atoms with Crippen molar-refractivity contribution in [3.63, 3.8) is 0 Å². The van der Waals surface area contributed by atoms with Crippen molar-refractivity contribution in [1.82, 2.24) is 15.0 Å². The number of alkyl halides is 2. The van der Waals surface area contributed by atoms with E-state index in [0.29, 0.717) is 22.2 Å². The summed E-state index contributed by atoms with van der Waals surface area (Å²) in [7, 11) is 0. The first-order valence-electron chi connectivity index (χ1n) is 15.0. The molecule has 0 saturated heterocycles. The summed E-state index contributed by atoms with van der Waals surface area (Å²) < 4.78 is 38.4. The molecule has 0 unspecified atom stereocenters. The predicted octanol–water partition coefficient (Wildman–Crippen LogP) is 10.0. The van der Waals surface area contributed by atoms with E-state index in [1.54, 1.807) is 36.7 Å². The molecular formula is C39H30F2N3O2Pt-. The van der Waals surface area contributed by atoms with Gasteiger partial charge in [0.25, 0.3) is 5.92 Å². The molecule has 0 amide bonds. The number of benzene rings is 4. The van der Waals surface area contributed by atoms with Crippen LogP contribution in [-0.2, 0) is 32.4 Å². The van der Waals surface area contributed by atoms with E-state index < -0.39 is 5.92 Å². The topological polar surface area (TPSA) is 72.0 Å². The molecule has 0 aliphatic rings. The van der Waals surface area contributed by atoms with Gasteiger partial charge in [-0.3, -0.25) is 9.97 Å². The normalized spacial score (nSPS) is 12.0. The number of halogens is 2. The van der Waals surface area contributed by atoms with E-state index in [1.807, 2.05) is 49.4 Å². The van der Waals surface area contributed by atoms with Crippen LogP contribution in [0.25, 0.3) is 55.8 Å². The van der Waals surface area contributed by atoms with Crippen LogP contribution in [0.15, 0.2) is 108 Å². The summed E-state index contributed by atoms with van der Waals surface area (Å²) in [6, 6.07) is 28.6. The molecule has 0 aliphatic heterocycles. The molecule has 7 rings (SSSR count). The molecule has 3 aromatic heterocycles. The van der Waals surface area contributed by atoms with E-state index >= 15 is 8.78 Å². The molecule has 0 atom stereocenters. The average Bonchev–Trinajstić information content (AvgIpc) is 3.48. The van der Waals surface area contributed by atoms with E-state index in [-0.39, 0.29) is 54.8 Å². The average molecular weight is 806 g/mol. The molecule has 0 fully saturated rings. The number of hydrogen-bond donors (Lipinski definition) is 1. The third-order valence-corrected chi connectivity index (χ3v) is 8.29. The van der Waals surface area contributed by atoms with Gasteiger partial charge in [0, 0.05) is 44.6 Å². The van der Waals surface area contributed by atoms with Crippen LogP contribution in [0.3, 0.4) is 0 Å². The first-order chi connectivity index (χ1) is 22.0. The van der Waals surface area contributed by atoms with E-state index in [9.17, 15) is 5.11 Å². The fourth-order valence-corrected chi connectivity index (χ4v) is 5.70. The summed E-state index contributed by atoms with van der Waals surface area (Å²) >= 11 is 0. The Labute approximate surface area is 285 Å². The van der Waals surface area contributed by atoms with Crippen molar-refractivity contribution in [1.29, 1.82) is 0 Å². The Morgan fingerprint density at radius 1 is 0.681 bits per heavy atom. The minimum Gasteiger partial charge on any atom is -0.507 e. The molecular weight excluding hydrogens is 776 g/mol. The van der Waals surface area contributed by atoms with Gasteiger partial charge in [-0.1, -0.05) is 80.4 Å². The van der Waals surface area contributed by atoms with Crippen molar-refractivity contribution in [3.05, 3.63) is 132 Å². The minimum atomic E-state index is -3.33. The first-order valence-corrected chi connectivity index (χ1v) is 15.0. The van der Waals surface area contributed by atoms with Crippen LogP contribution in [0.2, 0.25) is 0 Å². The molecule has 1 N–H and O–H groups in total. The maximum atomic E-state index is 16.1. The molecule has 3 heterocycles. The van der Waals surface area contributed by atoms with E-state index in [2.05, 4.69) is 36.8 Å². The summed E-state index contributed by atoms with van der Waals surface area (Å²) in [6.45, 7) is 8.18. The van der Waals surface area contributed by atoms with Crippen molar-refractivity contribution in [2.24, 2.45) is 0 Å². The Morgan fingerprint density at radius 2 is 1.36 bits per heavy atom. The van der Waals surface area contributed by atoms with Gasteiger partial charge in [-0.15, -0.1) is 35.4 Å². The summed E-state index contributed by atoms with van der Waals surface area (Å²) in [5, 5.41) is 10.8. The molecule has 47 heavy (non-hydrogen) atoms. The van der Waals surface area contributed by atoms with Crippen molar-refractivity contribution in [2.45, 2.75) is 39.0 Å². The second-order valence-corrected chi connectivity index (χ2v) is 12.5. The molecule has 0 radical (unpaired) electrons. The van der Waals surface area contributed by atoms with E-state index in [0.717, 1.165) is 33.3 Å². The van der Waals surface area contributed by atoms with Crippen molar-refractivity contribution < 1.29 is 39.4 Å². The Kier molecular flexibility index (Phi) is 8.31. The monoisotopic (exact) mass is 805 g/mol. The molecule has 0 saturated carbocycles. The zero-order chi connectivity index (χ0) is 32.2. The summed E-state index contributed by atoms with van der Waals surface area (Å²) in [4.78, 5) is 13.9. The number of aromatic hydroxyl groups is 1. The van der Waals surface area contributed by atoms with Gasteiger partial charge in [0.15, 0.2) is 0 Å². The molecule has 238 valence electrons. The summed E-state index contributed by atoms with van der Waals surface area (Å²) in [5.41, 5.74) is 6.34. The second-order valence-electron chi connectivity index (χ2n) is 12.5. The predicted molar refractivity (Wildman–Crippen MR) is 177 cm³/mol. The van der Waals surface area contributed by atoms with Gasteiger partial charge in [-0.05, 0) is 47.7 Å². The Bertz CT molecular complexity index is 2260. The Morgan fingerprint density at radius 3 is 2.11 bits per heavy atom. The van der Waals surface area contributed by atoms with Gasteiger partial charge >= 0.3 is 0 Å². The number of aromatic nitrogens is 3. The van der Waals surface area contributed by atoms with Gasteiger partial charge in [-0.25, -0.2) is 4.98 Å². The fourth-order valence-electron chi connectivity index (χ4n) is 5.70. The largest absolute Gasteiger partial charge is 0.507 e. The molecule has 0 bridgehead atoms. The number of hydrogen-bond acceptors (Lipinski definition) is 5. The number of pyridine rings is 2. The number of fused-ring (bicyclic) bond motifs is 2. The van der Waals surface area contributed by atoms with Gasteiger partial charge in [-0.2, -0.15) is 8.78 Å². The van der Waals surface area contributed by atoms with Crippen molar-refractivity contribution >= 4 is 22.1 Å². The van der Waals surface area contributed by atoms with Crippen molar-refractivity contribution in [2.75, 3.05) is 0 Å². The Balaban J connectivity index is 0.00000386. The number of oxazole rings is 1. The maximum absolute atomic E-state index is 16.1. The standard InChI is InChI=1S/C39H30F2N3O2.Pt/c1-23-15-17-43-36-29(16-18-42-34(23)36)24-9-8-10-25(19-24)30-21-28(39(40,41)26-11-6-5-7-12-26)22-33-35(30)44-37(46-33)31-20-27(38(2,3)4)13-14-32(31)45;/h5-18,20-22,45H,1-4H3;/q-1;. The number of phenolic OH excluding ortho intramolecular Hbond substituents is 1. The molecule has 5 nitrogen and oxygen atoms in total. The van der Waals surface area contributed by atoms with Crippen LogP contribution in [0.5, 0.6) is 5.75 Å². The summed E-state index contributed by atoms with van der Waals surface area (Å²) in [6.07, 6.45) is 3.47. The third kappa shape index (κ3) is 5.85. The van der Waals surface area contributed by atoms with Crippen LogP contribution >= 0.6 is 0 Å². The molecule has 4 aromatic carbocycles. The maximum Gasteiger partial charge on any atom is 0.298 e. The molecule has 0 aliphatic carbocycles. The van der Waals surface area contributed by atoms with Gasteiger partial charge in [0.05, 0.1) is 22.1 Å². The second kappa shape index (κ2) is 12.1. The van der Waals surface area contributed by atoms with E-state index in [1.165, 1.54) is 24.3 Å². The van der Waals surface area contributed by atoms with Crippen molar-refractivity contribution in [3.8, 4) is 39.5 Å². The Hall–Kier alpha value is -4.74. The summed E-state index contributed by atoms with van der Waals surface area (Å²) in [5.74, 6) is -3.21. The molecule has 0 spiro atoms. The first kappa shape index (κ1) is 32.2. The van der Waals surface area contributed by atoms with Crippen LogP contribution in [-0.4, -0.2) is 20.1 Å². The quantitative estimate of drug-likeness (QED) is 0.176. The number of nitrogens with zero attached hydrogens (tertiary/aromatic N) is 3. The smallest absolute Gasteiger partial charge is 0.298 e. The fraction of sp³-hybridized carbons (Fsp3) is 0.154. The number of rotatable bonds is 5. The third-order valence-electron chi connectivity index (χ3n) is 8.29. The zero-order valence-electron chi connectivity index (χ0n) is 26.1. The van der Waals surface area contributed by atoms with E-state index in [4.69, 9.17) is 9.40 Å². The molecule has 7 aromatic rings. The van der Waals surface area contributed by atoms with Crippen LogP contribution in [0, 0.1) is 13.0 Å². The van der Waals surface area contributed by atoms with Gasteiger partial charge in [0.1, 0.15) is 11.3 Å². The SMILES string of the molecule is Cc1ccnc2c(-c3[c-]c(-c4cc(C(F)(F)c5ccccc5)cc5oc(-c6cc(C(C)(C)C)ccc6O)nc45)ccc3)ccnc12.[Pt]. The number of aryl methyl sites for hydroxylation is 1. The van der Waals surface area contributed by atoms with Gasteiger partial charge in [0.2, 0.25) is 5.89 Å². The van der Waals surface area contributed by atoms with Crippen LogP contribution in [0.1, 0.15) is 43.0 Å².